The van der Waals surface area contributed by atoms with Gasteiger partial charge in [0.05, 0.1) is 19.5 Å². The maximum Gasteiger partial charge on any atom is 0.157 e. The Labute approximate surface area is 222 Å². The van der Waals surface area contributed by atoms with Gasteiger partial charge in [-0.1, -0.05) is 82.1 Å². The third-order valence-corrected chi connectivity index (χ3v) is 7.09. The van der Waals surface area contributed by atoms with Crippen molar-refractivity contribution >= 4 is 31.9 Å². The summed E-state index contributed by atoms with van der Waals surface area (Å²) in [4.78, 5) is 0. The number of allylic oxidation sites excluding steroid dienone is 1. The molecule has 6 heteroatoms. The number of rotatable bonds is 6. The Hall–Kier alpha value is -1.18. The molecule has 1 N–H and O–H groups in total. The molecule has 2 aromatic rings. The normalized spacial score (nSPS) is 18.9. The Morgan fingerprint density at radius 1 is 0.912 bits per heavy atom. The van der Waals surface area contributed by atoms with Gasteiger partial charge in [0.1, 0.15) is 0 Å². The van der Waals surface area contributed by atoms with E-state index in [0.717, 1.165) is 34.1 Å². The van der Waals surface area contributed by atoms with Crippen molar-refractivity contribution in [1.29, 1.82) is 0 Å². The fourth-order valence-corrected chi connectivity index (χ4v) is 4.87. The molecule has 1 fully saturated rings. The van der Waals surface area contributed by atoms with E-state index in [1.165, 1.54) is 31.2 Å². The fraction of sp³-hybridized carbons (Fsp3) is 0.500. The van der Waals surface area contributed by atoms with Crippen LogP contribution in [0.15, 0.2) is 69.8 Å². The van der Waals surface area contributed by atoms with Crippen molar-refractivity contribution < 1.29 is 19.3 Å². The van der Waals surface area contributed by atoms with Gasteiger partial charge in [-0.3, -0.25) is 0 Å². The summed E-state index contributed by atoms with van der Waals surface area (Å²) < 4.78 is 18.5. The lowest BCUT2D eigenvalue weighted by Gasteiger charge is -2.24. The van der Waals surface area contributed by atoms with E-state index in [1.54, 1.807) is 6.26 Å². The van der Waals surface area contributed by atoms with E-state index in [4.69, 9.17) is 19.3 Å². The zero-order chi connectivity index (χ0) is 24.6. The van der Waals surface area contributed by atoms with Crippen LogP contribution in [0, 0.1) is 0 Å². The van der Waals surface area contributed by atoms with Crippen LogP contribution in [0.5, 0.6) is 0 Å². The lowest BCUT2D eigenvalue weighted by Crippen LogP contribution is -2.24. The Morgan fingerprint density at radius 2 is 1.56 bits per heavy atom. The molecule has 2 heterocycles. The van der Waals surface area contributed by atoms with Gasteiger partial charge in [0.15, 0.2) is 6.29 Å². The van der Waals surface area contributed by atoms with Crippen molar-refractivity contribution in [3.05, 3.63) is 80.9 Å². The van der Waals surface area contributed by atoms with Crippen LogP contribution in [0.2, 0.25) is 0 Å². The first kappa shape index (κ1) is 29.1. The zero-order valence-corrected chi connectivity index (χ0v) is 23.5. The number of benzene rings is 2. The predicted molar refractivity (Wildman–Crippen MR) is 146 cm³/mol. The molecule has 3 atom stereocenters. The molecule has 2 aliphatic heterocycles. The first-order chi connectivity index (χ1) is 16.5. The lowest BCUT2D eigenvalue weighted by atomic mass is 10.0. The summed E-state index contributed by atoms with van der Waals surface area (Å²) >= 11 is 7.00. The minimum atomic E-state index is 0.00804. The summed E-state index contributed by atoms with van der Waals surface area (Å²) in [6.45, 7) is 6.85. The maximum absolute atomic E-state index is 8.89. The fourth-order valence-electron chi connectivity index (χ4n) is 3.52. The first-order valence-electron chi connectivity index (χ1n) is 12.1. The Kier molecular flexibility index (Phi) is 14.8. The van der Waals surface area contributed by atoms with E-state index < -0.39 is 0 Å². The third kappa shape index (κ3) is 11.0. The zero-order valence-electron chi connectivity index (χ0n) is 20.3. The SMILES string of the molecule is C1=COCCC1.CC(CO)c1ccccc1Br.CC(COC1CCCCO1)c1ccccc1Br. The number of aliphatic hydroxyl groups is 1. The second-order valence-electron chi connectivity index (χ2n) is 8.54. The van der Waals surface area contributed by atoms with E-state index in [1.807, 2.05) is 43.3 Å². The molecule has 2 aliphatic rings. The second kappa shape index (κ2) is 17.3. The topological polar surface area (TPSA) is 47.9 Å². The minimum Gasteiger partial charge on any atom is -0.502 e. The average Bonchev–Trinajstić information content (AvgIpc) is 2.90. The van der Waals surface area contributed by atoms with Crippen molar-refractivity contribution in [1.82, 2.24) is 0 Å². The van der Waals surface area contributed by atoms with Crippen molar-refractivity contribution in [2.24, 2.45) is 0 Å². The first-order valence-corrected chi connectivity index (χ1v) is 13.7. The van der Waals surface area contributed by atoms with Gasteiger partial charge < -0.3 is 19.3 Å². The molecule has 0 aliphatic carbocycles. The smallest absolute Gasteiger partial charge is 0.157 e. The van der Waals surface area contributed by atoms with Crippen LogP contribution in [-0.2, 0) is 14.2 Å². The molecule has 34 heavy (non-hydrogen) atoms. The highest BCUT2D eigenvalue weighted by atomic mass is 79.9. The molecule has 0 saturated carbocycles. The summed E-state index contributed by atoms with van der Waals surface area (Å²) in [5.74, 6) is 0.599. The monoisotopic (exact) mass is 596 g/mol. The van der Waals surface area contributed by atoms with Gasteiger partial charge in [0.25, 0.3) is 0 Å². The number of hydrogen-bond donors (Lipinski definition) is 1. The highest BCUT2D eigenvalue weighted by molar-refractivity contribution is 9.10. The van der Waals surface area contributed by atoms with Crippen LogP contribution in [0.3, 0.4) is 0 Å². The van der Waals surface area contributed by atoms with E-state index in [0.29, 0.717) is 12.5 Å². The van der Waals surface area contributed by atoms with Gasteiger partial charge in [-0.05, 0) is 61.4 Å². The van der Waals surface area contributed by atoms with Crippen LogP contribution in [-0.4, -0.2) is 37.8 Å². The Bertz CT molecular complexity index is 829. The van der Waals surface area contributed by atoms with Crippen molar-refractivity contribution in [3.8, 4) is 0 Å². The molecule has 2 aromatic carbocycles. The number of ether oxygens (including phenoxy) is 3. The molecule has 0 amide bonds. The summed E-state index contributed by atoms with van der Waals surface area (Å²) in [6.07, 6.45) is 9.62. The molecular weight excluding hydrogens is 560 g/mol. The van der Waals surface area contributed by atoms with Crippen LogP contribution in [0.4, 0.5) is 0 Å². The Balaban J connectivity index is 0.000000204. The number of hydrogen-bond acceptors (Lipinski definition) is 4. The van der Waals surface area contributed by atoms with Gasteiger partial charge >= 0.3 is 0 Å². The Morgan fingerprint density at radius 3 is 2.00 bits per heavy atom. The van der Waals surface area contributed by atoms with Crippen LogP contribution in [0.1, 0.15) is 68.9 Å². The van der Waals surface area contributed by atoms with Gasteiger partial charge in [0, 0.05) is 34.0 Å². The highest BCUT2D eigenvalue weighted by Gasteiger charge is 2.16. The standard InChI is InChI=1S/C14H19BrO2.C9H11BrO.C5H8O/c1-11(12-6-2-3-7-13(12)15)10-17-14-8-4-5-9-16-14;1-7(6-11)8-4-2-3-5-9(8)10;1-2-4-6-5-3-1/h2-3,6-7,11,14H,4-5,8-10H2,1H3;2-5,7,11H,6H2,1H3;2,4H,1,3,5H2. The van der Waals surface area contributed by atoms with Crippen molar-refractivity contribution in [3.63, 3.8) is 0 Å². The number of aliphatic hydroxyl groups excluding tert-OH is 1. The molecule has 188 valence electrons. The van der Waals surface area contributed by atoms with Gasteiger partial charge in [0.2, 0.25) is 0 Å². The molecule has 0 spiro atoms. The van der Waals surface area contributed by atoms with Crippen LogP contribution >= 0.6 is 31.9 Å². The maximum atomic E-state index is 8.89. The minimum absolute atomic E-state index is 0.00804. The molecule has 4 rings (SSSR count). The molecular formula is C28H38Br2O4. The second-order valence-corrected chi connectivity index (χ2v) is 10.3. The van der Waals surface area contributed by atoms with Crippen LogP contribution < -0.4 is 0 Å². The lowest BCUT2D eigenvalue weighted by molar-refractivity contribution is -0.164. The number of halogens is 2. The van der Waals surface area contributed by atoms with Gasteiger partial charge in [-0.2, -0.15) is 0 Å². The van der Waals surface area contributed by atoms with E-state index in [-0.39, 0.29) is 18.8 Å². The average molecular weight is 598 g/mol. The summed E-state index contributed by atoms with van der Waals surface area (Å²) in [5.41, 5.74) is 2.46. The summed E-state index contributed by atoms with van der Waals surface area (Å²) in [5, 5.41) is 8.89. The van der Waals surface area contributed by atoms with Crippen molar-refractivity contribution in [2.45, 2.75) is 64.1 Å². The van der Waals surface area contributed by atoms with Crippen molar-refractivity contribution in [2.75, 3.05) is 26.4 Å². The van der Waals surface area contributed by atoms with E-state index in [9.17, 15) is 0 Å². The van der Waals surface area contributed by atoms with Gasteiger partial charge in [-0.25, -0.2) is 0 Å². The quantitative estimate of drug-likeness (QED) is 0.367. The molecule has 4 nitrogen and oxygen atoms in total. The van der Waals surface area contributed by atoms with E-state index in [2.05, 4.69) is 57.0 Å². The van der Waals surface area contributed by atoms with Crippen LogP contribution in [0.25, 0.3) is 0 Å². The largest absolute Gasteiger partial charge is 0.502 e. The van der Waals surface area contributed by atoms with E-state index >= 15 is 0 Å². The highest BCUT2D eigenvalue weighted by Crippen LogP contribution is 2.26. The molecule has 0 radical (unpaired) electrons. The third-order valence-electron chi connectivity index (χ3n) is 5.64. The summed E-state index contributed by atoms with van der Waals surface area (Å²) in [7, 11) is 0. The molecule has 3 unspecified atom stereocenters. The summed E-state index contributed by atoms with van der Waals surface area (Å²) in [6, 6.07) is 16.3. The van der Waals surface area contributed by atoms with Gasteiger partial charge in [-0.15, -0.1) is 0 Å². The molecule has 0 bridgehead atoms. The predicted octanol–water partition coefficient (Wildman–Crippen LogP) is 7.95. The molecule has 0 aromatic heterocycles. The molecule has 1 saturated heterocycles.